The fourth-order valence-electron chi connectivity index (χ4n) is 4.21. The largest absolute Gasteiger partial charge is 0.319 e. The van der Waals surface area contributed by atoms with Crippen LogP contribution < -0.4 is 10.9 Å². The summed E-state index contributed by atoms with van der Waals surface area (Å²) in [7, 11) is 1.81. The standard InChI is InChI=1S/C22H28N6O2S/c1-4-27-20(16-10-8-9-11-16)24-25-22(27)31-14-18(29)23-19-15(2)26(3)28(21(19)30)17-12-6-5-7-13-17/h5-7,12-13,16H,4,8-11,14H2,1-3H3,(H,23,29). The summed E-state index contributed by atoms with van der Waals surface area (Å²) in [6.07, 6.45) is 4.79. The van der Waals surface area contributed by atoms with E-state index in [4.69, 9.17) is 0 Å². The first-order chi connectivity index (χ1) is 15.0. The lowest BCUT2D eigenvalue weighted by Crippen LogP contribution is -2.23. The number of para-hydroxylation sites is 1. The van der Waals surface area contributed by atoms with E-state index in [1.165, 1.54) is 24.6 Å². The van der Waals surface area contributed by atoms with Crippen LogP contribution in [0.2, 0.25) is 0 Å². The highest BCUT2D eigenvalue weighted by Crippen LogP contribution is 2.34. The highest BCUT2D eigenvalue weighted by molar-refractivity contribution is 7.99. The van der Waals surface area contributed by atoms with Gasteiger partial charge in [0.15, 0.2) is 5.16 Å². The Labute approximate surface area is 185 Å². The lowest BCUT2D eigenvalue weighted by atomic mass is 10.1. The highest BCUT2D eigenvalue weighted by Gasteiger charge is 2.24. The second-order valence-electron chi connectivity index (χ2n) is 7.84. The number of amides is 1. The first-order valence-corrected chi connectivity index (χ1v) is 11.7. The molecule has 1 aliphatic rings. The number of thioether (sulfide) groups is 1. The molecule has 0 bridgehead atoms. The fourth-order valence-corrected chi connectivity index (χ4v) is 5.02. The Balaban J connectivity index is 1.47. The van der Waals surface area contributed by atoms with E-state index in [0.29, 0.717) is 17.3 Å². The predicted octanol–water partition coefficient (Wildman–Crippen LogP) is 3.48. The van der Waals surface area contributed by atoms with Gasteiger partial charge < -0.3 is 9.88 Å². The molecule has 31 heavy (non-hydrogen) atoms. The molecule has 1 saturated carbocycles. The van der Waals surface area contributed by atoms with Crippen LogP contribution in [0.4, 0.5) is 5.69 Å². The van der Waals surface area contributed by atoms with Gasteiger partial charge in [-0.2, -0.15) is 0 Å². The van der Waals surface area contributed by atoms with Crippen molar-refractivity contribution in [1.82, 2.24) is 24.1 Å². The van der Waals surface area contributed by atoms with Crippen LogP contribution >= 0.6 is 11.8 Å². The molecule has 2 aromatic heterocycles. The van der Waals surface area contributed by atoms with Crippen LogP contribution in [0.5, 0.6) is 0 Å². The quantitative estimate of drug-likeness (QED) is 0.569. The van der Waals surface area contributed by atoms with Gasteiger partial charge in [0.2, 0.25) is 5.91 Å². The molecular weight excluding hydrogens is 412 g/mol. The van der Waals surface area contributed by atoms with E-state index in [0.717, 1.165) is 36.1 Å². The van der Waals surface area contributed by atoms with Crippen molar-refractivity contribution >= 4 is 23.4 Å². The van der Waals surface area contributed by atoms with Gasteiger partial charge in [-0.05, 0) is 38.8 Å². The van der Waals surface area contributed by atoms with Crippen LogP contribution in [0.15, 0.2) is 40.3 Å². The Morgan fingerprint density at radius 1 is 1.19 bits per heavy atom. The molecular formula is C22H28N6O2S. The van der Waals surface area contributed by atoms with Gasteiger partial charge in [-0.15, -0.1) is 10.2 Å². The third kappa shape index (κ3) is 4.19. The summed E-state index contributed by atoms with van der Waals surface area (Å²) in [5.74, 6) is 1.44. The van der Waals surface area contributed by atoms with E-state index in [1.807, 2.05) is 44.3 Å². The Morgan fingerprint density at radius 3 is 2.58 bits per heavy atom. The number of benzene rings is 1. The highest BCUT2D eigenvalue weighted by atomic mass is 32.2. The average Bonchev–Trinajstić information content (AvgIpc) is 3.49. The van der Waals surface area contributed by atoms with Gasteiger partial charge in [0, 0.05) is 19.5 Å². The number of hydrogen-bond acceptors (Lipinski definition) is 5. The van der Waals surface area contributed by atoms with Crippen molar-refractivity contribution in [1.29, 1.82) is 0 Å². The van der Waals surface area contributed by atoms with Crippen molar-refractivity contribution in [2.45, 2.75) is 57.1 Å². The second-order valence-corrected chi connectivity index (χ2v) is 8.78. The third-order valence-corrected chi connectivity index (χ3v) is 6.90. The summed E-state index contributed by atoms with van der Waals surface area (Å²) in [5, 5.41) is 12.3. The van der Waals surface area contributed by atoms with E-state index in [-0.39, 0.29) is 17.2 Å². The molecule has 1 N–H and O–H groups in total. The molecule has 164 valence electrons. The summed E-state index contributed by atoms with van der Waals surface area (Å²) in [6.45, 7) is 4.68. The number of hydrogen-bond donors (Lipinski definition) is 1. The summed E-state index contributed by atoms with van der Waals surface area (Å²) in [5.41, 5.74) is 1.52. The van der Waals surface area contributed by atoms with E-state index in [9.17, 15) is 9.59 Å². The monoisotopic (exact) mass is 440 g/mol. The molecule has 2 heterocycles. The molecule has 0 atom stereocenters. The minimum absolute atomic E-state index is 0.169. The van der Waals surface area contributed by atoms with Gasteiger partial charge in [0.25, 0.3) is 5.56 Å². The Kier molecular flexibility index (Phi) is 6.31. The Hall–Kier alpha value is -2.81. The maximum absolute atomic E-state index is 13.0. The lowest BCUT2D eigenvalue weighted by molar-refractivity contribution is -0.113. The average molecular weight is 441 g/mol. The Morgan fingerprint density at radius 2 is 1.90 bits per heavy atom. The molecule has 9 heteroatoms. The van der Waals surface area contributed by atoms with Gasteiger partial charge >= 0.3 is 0 Å². The van der Waals surface area contributed by atoms with E-state index in [2.05, 4.69) is 27.0 Å². The first-order valence-electron chi connectivity index (χ1n) is 10.7. The summed E-state index contributed by atoms with van der Waals surface area (Å²) in [4.78, 5) is 25.6. The summed E-state index contributed by atoms with van der Waals surface area (Å²) in [6, 6.07) is 9.38. The molecule has 0 unspecified atom stereocenters. The van der Waals surface area contributed by atoms with Crippen LogP contribution in [0.1, 0.15) is 50.0 Å². The number of aromatic nitrogens is 5. The maximum atomic E-state index is 13.0. The molecule has 1 fully saturated rings. The minimum atomic E-state index is -0.246. The van der Waals surface area contributed by atoms with Crippen molar-refractivity contribution in [3.63, 3.8) is 0 Å². The third-order valence-electron chi connectivity index (χ3n) is 5.93. The number of nitrogens with zero attached hydrogens (tertiary/aromatic N) is 5. The lowest BCUT2D eigenvalue weighted by Gasteiger charge is -2.11. The molecule has 1 amide bonds. The number of anilines is 1. The van der Waals surface area contributed by atoms with E-state index >= 15 is 0 Å². The predicted molar refractivity (Wildman–Crippen MR) is 122 cm³/mol. The number of carbonyl (C=O) groups excluding carboxylic acids is 1. The van der Waals surface area contributed by atoms with Crippen LogP contribution in [-0.2, 0) is 18.4 Å². The van der Waals surface area contributed by atoms with Gasteiger partial charge in [0.05, 0.1) is 17.1 Å². The van der Waals surface area contributed by atoms with Gasteiger partial charge in [-0.3, -0.25) is 14.3 Å². The summed E-state index contributed by atoms with van der Waals surface area (Å²) < 4.78 is 5.42. The van der Waals surface area contributed by atoms with Gasteiger partial charge in [-0.25, -0.2) is 4.68 Å². The molecule has 3 aromatic rings. The van der Waals surface area contributed by atoms with Crippen molar-refractivity contribution in [2.24, 2.45) is 7.05 Å². The zero-order valence-corrected chi connectivity index (χ0v) is 19.0. The van der Waals surface area contributed by atoms with Crippen molar-refractivity contribution < 1.29 is 4.79 Å². The summed E-state index contributed by atoms with van der Waals surface area (Å²) >= 11 is 1.36. The molecule has 4 rings (SSSR count). The molecule has 1 aromatic carbocycles. The van der Waals surface area contributed by atoms with Gasteiger partial charge in [-0.1, -0.05) is 42.8 Å². The zero-order valence-electron chi connectivity index (χ0n) is 18.2. The fraction of sp³-hybridized carbons (Fsp3) is 0.455. The van der Waals surface area contributed by atoms with Crippen molar-refractivity contribution in [2.75, 3.05) is 11.1 Å². The van der Waals surface area contributed by atoms with Crippen LogP contribution in [0.25, 0.3) is 5.69 Å². The molecule has 1 aliphatic carbocycles. The van der Waals surface area contributed by atoms with Crippen molar-refractivity contribution in [3.05, 3.63) is 52.2 Å². The molecule has 0 radical (unpaired) electrons. The first kappa shape index (κ1) is 21.4. The van der Waals surface area contributed by atoms with Crippen molar-refractivity contribution in [3.8, 4) is 5.69 Å². The smallest absolute Gasteiger partial charge is 0.295 e. The normalized spacial score (nSPS) is 14.3. The molecule has 0 saturated heterocycles. The number of nitrogens with one attached hydrogen (secondary N) is 1. The van der Waals surface area contributed by atoms with Crippen LogP contribution in [0.3, 0.4) is 0 Å². The SMILES string of the molecule is CCn1c(SCC(=O)Nc2c(C)n(C)n(-c3ccccc3)c2=O)nnc1C1CCCC1. The molecule has 8 nitrogen and oxygen atoms in total. The maximum Gasteiger partial charge on any atom is 0.295 e. The van der Waals surface area contributed by atoms with E-state index < -0.39 is 0 Å². The molecule has 0 aliphatic heterocycles. The van der Waals surface area contributed by atoms with E-state index in [1.54, 1.807) is 9.36 Å². The van der Waals surface area contributed by atoms with Crippen LogP contribution in [0, 0.1) is 6.92 Å². The topological polar surface area (TPSA) is 86.7 Å². The van der Waals surface area contributed by atoms with Crippen LogP contribution in [-0.4, -0.2) is 35.8 Å². The molecule has 0 spiro atoms. The second kappa shape index (κ2) is 9.13. The van der Waals surface area contributed by atoms with Gasteiger partial charge in [0.1, 0.15) is 11.5 Å². The number of rotatable bonds is 7. The minimum Gasteiger partial charge on any atom is -0.319 e. The number of carbonyl (C=O) groups is 1. The zero-order chi connectivity index (χ0) is 22.0. The Bertz CT molecular complexity index is 1130.